The number of benzene rings is 3. The summed E-state index contributed by atoms with van der Waals surface area (Å²) < 4.78 is 2.20. The van der Waals surface area contributed by atoms with Crippen molar-refractivity contribution in [3.05, 3.63) is 83.4 Å². The van der Waals surface area contributed by atoms with Crippen molar-refractivity contribution >= 4 is 45.0 Å². The Labute approximate surface area is 174 Å². The van der Waals surface area contributed by atoms with Crippen LogP contribution in [-0.4, -0.2) is 21.0 Å². The molecular weight excluding hydrogens is 382 g/mol. The number of hydrogen-bond acceptors (Lipinski definition) is 2. The molecule has 0 fully saturated rings. The highest BCUT2D eigenvalue weighted by molar-refractivity contribution is 6.37. The number of Topliss-reactive ketones (excluding diaryl/α,β-unsaturated/α-hetero) is 1. The molecule has 0 amide bonds. The van der Waals surface area contributed by atoms with E-state index in [1.807, 2.05) is 66.7 Å². The predicted octanol–water partition coefficient (Wildman–Crippen LogP) is 6.25. The molecule has 146 valence electrons. The van der Waals surface area contributed by atoms with Crippen LogP contribution in [0.25, 0.3) is 21.8 Å². The lowest BCUT2D eigenvalue weighted by atomic mass is 9.97. The molecular formula is C25H22ClNO2. The van der Waals surface area contributed by atoms with Crippen LogP contribution in [-0.2, 0) is 6.54 Å². The smallest absolute Gasteiger partial charge is 0.193 e. The number of aromatic nitrogens is 1. The molecule has 4 rings (SSSR count). The van der Waals surface area contributed by atoms with Crippen molar-refractivity contribution in [3.8, 4) is 0 Å². The van der Waals surface area contributed by atoms with E-state index in [2.05, 4.69) is 11.5 Å². The van der Waals surface area contributed by atoms with Crippen LogP contribution in [0.3, 0.4) is 0 Å². The van der Waals surface area contributed by atoms with Crippen LogP contribution in [0, 0.1) is 0 Å². The summed E-state index contributed by atoms with van der Waals surface area (Å²) in [4.78, 5) is 24.7. The van der Waals surface area contributed by atoms with Gasteiger partial charge in [-0.25, -0.2) is 0 Å². The Morgan fingerprint density at radius 1 is 0.828 bits per heavy atom. The fourth-order valence-corrected chi connectivity index (χ4v) is 3.94. The SMILES string of the molecule is CCn1c2ccc(C(=O)c3ccccc3)cc2c2cc(C(=O)C(C)(C)Cl)ccc21. The molecule has 0 atom stereocenters. The summed E-state index contributed by atoms with van der Waals surface area (Å²) >= 11 is 6.26. The van der Waals surface area contributed by atoms with Gasteiger partial charge in [0.2, 0.25) is 0 Å². The van der Waals surface area contributed by atoms with Gasteiger partial charge in [0.15, 0.2) is 11.6 Å². The van der Waals surface area contributed by atoms with Crippen LogP contribution >= 0.6 is 11.6 Å². The molecule has 3 aromatic carbocycles. The number of fused-ring (bicyclic) bond motifs is 3. The van der Waals surface area contributed by atoms with Crippen LogP contribution < -0.4 is 0 Å². The number of rotatable bonds is 5. The molecule has 29 heavy (non-hydrogen) atoms. The van der Waals surface area contributed by atoms with Crippen LogP contribution in [0.2, 0.25) is 0 Å². The third-order valence-electron chi connectivity index (χ3n) is 5.28. The van der Waals surface area contributed by atoms with Gasteiger partial charge in [-0.15, -0.1) is 11.6 Å². The lowest BCUT2D eigenvalue weighted by Crippen LogP contribution is -2.24. The largest absolute Gasteiger partial charge is 0.341 e. The average Bonchev–Trinajstić information content (AvgIpc) is 3.04. The lowest BCUT2D eigenvalue weighted by Gasteiger charge is -2.14. The molecule has 0 aliphatic carbocycles. The Hall–Kier alpha value is -2.91. The number of nitrogens with zero attached hydrogens (tertiary/aromatic N) is 1. The number of ketones is 2. The maximum absolute atomic E-state index is 12.9. The van der Waals surface area contributed by atoms with E-state index in [4.69, 9.17) is 11.6 Å². The normalized spacial score (nSPS) is 11.9. The number of halogens is 1. The first-order valence-electron chi connectivity index (χ1n) is 9.70. The van der Waals surface area contributed by atoms with Crippen LogP contribution in [0.4, 0.5) is 0 Å². The van der Waals surface area contributed by atoms with E-state index in [0.29, 0.717) is 16.7 Å². The van der Waals surface area contributed by atoms with E-state index >= 15 is 0 Å². The summed E-state index contributed by atoms with van der Waals surface area (Å²) in [5.41, 5.74) is 3.95. The molecule has 4 heteroatoms. The van der Waals surface area contributed by atoms with Gasteiger partial charge in [0.05, 0.1) is 0 Å². The molecule has 0 bridgehead atoms. The van der Waals surface area contributed by atoms with E-state index in [1.165, 1.54) is 0 Å². The first-order chi connectivity index (χ1) is 13.8. The summed E-state index contributed by atoms with van der Waals surface area (Å²) in [7, 11) is 0. The summed E-state index contributed by atoms with van der Waals surface area (Å²) in [5, 5.41) is 1.92. The molecule has 4 aromatic rings. The van der Waals surface area contributed by atoms with Crippen molar-refractivity contribution in [2.45, 2.75) is 32.2 Å². The van der Waals surface area contributed by atoms with Gasteiger partial charge in [0.1, 0.15) is 4.87 Å². The van der Waals surface area contributed by atoms with Crippen molar-refractivity contribution in [1.82, 2.24) is 4.57 Å². The third kappa shape index (κ3) is 3.36. The minimum Gasteiger partial charge on any atom is -0.341 e. The van der Waals surface area contributed by atoms with E-state index in [0.717, 1.165) is 28.4 Å². The molecule has 0 aliphatic heterocycles. The highest BCUT2D eigenvalue weighted by Gasteiger charge is 2.26. The van der Waals surface area contributed by atoms with Gasteiger partial charge in [0, 0.05) is 45.0 Å². The predicted molar refractivity (Wildman–Crippen MR) is 119 cm³/mol. The molecule has 0 saturated carbocycles. The zero-order valence-electron chi connectivity index (χ0n) is 16.7. The molecule has 3 nitrogen and oxygen atoms in total. The first-order valence-corrected chi connectivity index (χ1v) is 10.1. The molecule has 0 saturated heterocycles. The Morgan fingerprint density at radius 2 is 1.38 bits per heavy atom. The number of carbonyl (C=O) groups excluding carboxylic acids is 2. The minimum absolute atomic E-state index is 0.0148. The monoisotopic (exact) mass is 403 g/mol. The van der Waals surface area contributed by atoms with Gasteiger partial charge in [0.25, 0.3) is 0 Å². The highest BCUT2D eigenvalue weighted by Crippen LogP contribution is 2.32. The quantitative estimate of drug-likeness (QED) is 0.292. The fourth-order valence-electron chi connectivity index (χ4n) is 3.83. The van der Waals surface area contributed by atoms with E-state index in [1.54, 1.807) is 13.8 Å². The Balaban J connectivity index is 1.93. The topological polar surface area (TPSA) is 39.1 Å². The van der Waals surface area contributed by atoms with Crippen LogP contribution in [0.5, 0.6) is 0 Å². The van der Waals surface area contributed by atoms with Gasteiger partial charge in [-0.05, 0) is 57.2 Å². The lowest BCUT2D eigenvalue weighted by molar-refractivity contribution is 0.0954. The standard InChI is InChI=1S/C25H22ClNO2/c1-4-27-21-12-10-17(23(28)16-8-6-5-7-9-16)14-19(21)20-15-18(11-13-22(20)27)24(29)25(2,3)26/h5-15H,4H2,1-3H3. The Morgan fingerprint density at radius 3 is 1.93 bits per heavy atom. The number of alkyl halides is 1. The molecule has 0 unspecified atom stereocenters. The third-order valence-corrected chi connectivity index (χ3v) is 5.45. The van der Waals surface area contributed by atoms with E-state index < -0.39 is 4.87 Å². The van der Waals surface area contributed by atoms with Gasteiger partial charge in [-0.2, -0.15) is 0 Å². The van der Waals surface area contributed by atoms with Gasteiger partial charge in [-0.1, -0.05) is 30.3 Å². The molecule has 1 aromatic heterocycles. The molecule has 0 spiro atoms. The van der Waals surface area contributed by atoms with Crippen molar-refractivity contribution in [2.24, 2.45) is 0 Å². The Bertz CT molecular complexity index is 1250. The second-order valence-corrected chi connectivity index (χ2v) is 8.65. The van der Waals surface area contributed by atoms with Gasteiger partial charge in [-0.3, -0.25) is 9.59 Å². The summed E-state index contributed by atoms with van der Waals surface area (Å²) in [6.45, 7) is 6.28. The van der Waals surface area contributed by atoms with Crippen molar-refractivity contribution in [2.75, 3.05) is 0 Å². The summed E-state index contributed by atoms with van der Waals surface area (Å²) in [6.07, 6.45) is 0. The first kappa shape index (κ1) is 19.4. The van der Waals surface area contributed by atoms with Crippen molar-refractivity contribution in [3.63, 3.8) is 0 Å². The average molecular weight is 404 g/mol. The highest BCUT2D eigenvalue weighted by atomic mass is 35.5. The van der Waals surface area contributed by atoms with E-state index in [9.17, 15) is 9.59 Å². The molecule has 1 heterocycles. The Kier molecular flexibility index (Phi) is 4.79. The van der Waals surface area contributed by atoms with Crippen LogP contribution in [0.1, 0.15) is 47.1 Å². The number of aryl methyl sites for hydroxylation is 1. The van der Waals surface area contributed by atoms with E-state index in [-0.39, 0.29) is 11.6 Å². The van der Waals surface area contributed by atoms with Gasteiger partial charge < -0.3 is 4.57 Å². The zero-order valence-corrected chi connectivity index (χ0v) is 17.5. The van der Waals surface area contributed by atoms with Gasteiger partial charge >= 0.3 is 0 Å². The number of carbonyl (C=O) groups is 2. The summed E-state index contributed by atoms with van der Waals surface area (Å²) in [6, 6.07) is 20.7. The maximum Gasteiger partial charge on any atom is 0.193 e. The molecule has 0 N–H and O–H groups in total. The second-order valence-electron chi connectivity index (χ2n) is 7.70. The minimum atomic E-state index is -0.967. The second kappa shape index (κ2) is 7.16. The number of hydrogen-bond donors (Lipinski definition) is 0. The van der Waals surface area contributed by atoms with Crippen LogP contribution in [0.15, 0.2) is 66.7 Å². The van der Waals surface area contributed by atoms with Crippen molar-refractivity contribution < 1.29 is 9.59 Å². The zero-order chi connectivity index (χ0) is 20.8. The maximum atomic E-state index is 12.9. The molecule has 0 aliphatic rings. The molecule has 0 radical (unpaired) electrons. The summed E-state index contributed by atoms with van der Waals surface area (Å²) in [5.74, 6) is -0.131. The fraction of sp³-hybridized carbons (Fsp3) is 0.200. The van der Waals surface area contributed by atoms with Crippen molar-refractivity contribution in [1.29, 1.82) is 0 Å².